The van der Waals surface area contributed by atoms with Crippen LogP contribution in [-0.4, -0.2) is 40.1 Å². The molecule has 2 aliphatic rings. The highest BCUT2D eigenvalue weighted by Crippen LogP contribution is 2.40. The third-order valence-electron chi connectivity index (χ3n) is 8.95. The number of rotatable bonds is 6. The van der Waals surface area contributed by atoms with Crippen LogP contribution in [0.5, 0.6) is 0 Å². The number of benzene rings is 4. The van der Waals surface area contributed by atoms with E-state index in [0.29, 0.717) is 68.4 Å². The molecule has 58 heavy (non-hydrogen) atoms. The molecule has 0 unspecified atom stereocenters. The lowest BCUT2D eigenvalue weighted by Gasteiger charge is -2.10. The molecule has 2 aliphatic carbocycles. The summed E-state index contributed by atoms with van der Waals surface area (Å²) in [5.74, 6) is -1.69. The normalized spacial score (nSPS) is 14.2. The Morgan fingerprint density at radius 1 is 0.638 bits per heavy atom. The van der Waals surface area contributed by atoms with Gasteiger partial charge in [0.15, 0.2) is 5.69 Å². The third kappa shape index (κ3) is 10.0. The van der Waals surface area contributed by atoms with Crippen LogP contribution in [0.1, 0.15) is 67.5 Å². The minimum atomic E-state index is -1.67. The monoisotopic (exact) mass is 940 g/mol. The Kier molecular flexibility index (Phi) is 14.2. The quantitative estimate of drug-likeness (QED) is 0.167. The van der Waals surface area contributed by atoms with Crippen molar-refractivity contribution in [2.75, 3.05) is 0 Å². The van der Waals surface area contributed by atoms with Crippen LogP contribution < -0.4 is 0 Å². The number of allylic oxidation sites excluding steroid dienone is 2. The Bertz CT molecular complexity index is 2470. The first-order chi connectivity index (χ1) is 27.6. The second-order valence-corrected chi connectivity index (χ2v) is 17.1. The topological polar surface area (TPSA) is 107 Å². The van der Waals surface area contributed by atoms with Crippen molar-refractivity contribution in [2.45, 2.75) is 25.7 Å². The fourth-order valence-corrected chi connectivity index (χ4v) is 7.71. The van der Waals surface area contributed by atoms with E-state index in [4.69, 9.17) is 62.2 Å². The van der Waals surface area contributed by atoms with Gasteiger partial charge in [0.25, 0.3) is 5.24 Å². The van der Waals surface area contributed by atoms with Crippen molar-refractivity contribution in [1.29, 1.82) is 0 Å². The summed E-state index contributed by atoms with van der Waals surface area (Å²) >= 11 is 30.4. The molecule has 0 radical (unpaired) electrons. The van der Waals surface area contributed by atoms with Crippen molar-refractivity contribution in [1.82, 2.24) is 19.6 Å². The van der Waals surface area contributed by atoms with E-state index >= 15 is 0 Å². The van der Waals surface area contributed by atoms with Gasteiger partial charge in [0.1, 0.15) is 17.3 Å². The number of fused-ring (bicyclic) bond motifs is 2. The molecule has 0 saturated carbocycles. The molecule has 0 saturated heterocycles. The number of nitrogens with zero attached hydrogens (tertiary/aromatic N) is 4. The summed E-state index contributed by atoms with van der Waals surface area (Å²) in [6.07, 6.45) is 6.45. The zero-order valence-corrected chi connectivity index (χ0v) is 35.4. The van der Waals surface area contributed by atoms with Gasteiger partial charge >= 0.3 is 5.97 Å². The highest BCUT2D eigenvalue weighted by atomic mass is 36.0. The van der Waals surface area contributed by atoms with E-state index in [-0.39, 0.29) is 23.0 Å². The standard InChI is InChI=1S/C20H12Cl3FN2O.C20H13Cl2FN2O2.Cl2OS/c21-13-4-8-17(16(22)10-13)26-19-12(9-11-1-5-14(24)6-2-11)3-7-15(19)18(25-26)20(23)27;21-13-4-8-17(16(22)10-13)25-19-12(9-11-1-5-14(23)6-2-11)3-7-15(19)18(24-25)20(26)27;1-4(2)3/h1-2,4-6,8-10H,3,7H2;1-2,4-6,8-10H,3,7H2,(H,26,27);/b2*12-9+;. The molecule has 0 fully saturated rings. The number of carbonyl (C=O) groups excluding carboxylic acids is 1. The number of hydrogen-bond donors (Lipinski definition) is 1. The molecule has 0 bridgehead atoms. The molecule has 2 aromatic heterocycles. The van der Waals surface area contributed by atoms with Gasteiger partial charge in [-0.05, 0) is 132 Å². The summed E-state index contributed by atoms with van der Waals surface area (Å²) in [6, 6.07) is 22.4. The first-order valence-corrected chi connectivity index (χ1v) is 21.6. The highest BCUT2D eigenvalue weighted by Gasteiger charge is 2.32. The van der Waals surface area contributed by atoms with Crippen LogP contribution in [0.3, 0.4) is 0 Å². The molecular formula is C40H25Cl7F2N4O4S. The van der Waals surface area contributed by atoms with Gasteiger partial charge in [0.05, 0.1) is 32.8 Å². The maximum atomic E-state index is 13.2. The molecular weight excluding hydrogens is 919 g/mol. The molecule has 18 heteroatoms. The molecule has 1 N–H and O–H groups in total. The molecule has 0 aliphatic heterocycles. The largest absolute Gasteiger partial charge is 0.476 e. The van der Waals surface area contributed by atoms with Crippen molar-refractivity contribution in [2.24, 2.45) is 0 Å². The first kappa shape index (κ1) is 43.5. The van der Waals surface area contributed by atoms with Crippen molar-refractivity contribution >= 4 is 123 Å². The van der Waals surface area contributed by atoms with Gasteiger partial charge in [-0.1, -0.05) is 70.7 Å². The number of aromatic nitrogens is 4. The molecule has 8 rings (SSSR count). The summed E-state index contributed by atoms with van der Waals surface area (Å²) in [5, 5.41) is 19.4. The number of halogens is 9. The third-order valence-corrected chi connectivity index (χ3v) is 10.2. The van der Waals surface area contributed by atoms with E-state index in [1.807, 2.05) is 12.2 Å². The van der Waals surface area contributed by atoms with E-state index in [1.165, 1.54) is 24.3 Å². The Hall–Kier alpha value is -4.04. The summed E-state index contributed by atoms with van der Waals surface area (Å²) in [4.78, 5) is 23.5. The van der Waals surface area contributed by atoms with E-state index in [2.05, 4.69) is 31.6 Å². The van der Waals surface area contributed by atoms with Crippen molar-refractivity contribution in [3.8, 4) is 11.4 Å². The molecule has 4 aromatic carbocycles. The highest BCUT2D eigenvalue weighted by molar-refractivity contribution is 8.26. The number of carboxylic acid groups (broad SMARTS) is 1. The van der Waals surface area contributed by atoms with Crippen LogP contribution in [0.2, 0.25) is 20.1 Å². The second kappa shape index (κ2) is 18.9. The van der Waals surface area contributed by atoms with Crippen LogP contribution in [0.15, 0.2) is 84.9 Å². The maximum absolute atomic E-state index is 13.2. The average molecular weight is 944 g/mol. The smallest absolute Gasteiger partial charge is 0.356 e. The number of carboxylic acids is 1. The fourth-order valence-electron chi connectivity index (χ4n) is 6.58. The van der Waals surface area contributed by atoms with Crippen LogP contribution >= 0.6 is 79.4 Å². The predicted molar refractivity (Wildman–Crippen MR) is 229 cm³/mol. The minimum Gasteiger partial charge on any atom is -0.476 e. The van der Waals surface area contributed by atoms with E-state index in [0.717, 1.165) is 33.5 Å². The van der Waals surface area contributed by atoms with Crippen molar-refractivity contribution < 1.29 is 27.7 Å². The van der Waals surface area contributed by atoms with Crippen LogP contribution in [0, 0.1) is 11.6 Å². The van der Waals surface area contributed by atoms with Gasteiger partial charge in [-0.2, -0.15) is 10.2 Å². The lowest BCUT2D eigenvalue weighted by atomic mass is 10.1. The Labute approximate surface area is 366 Å². The molecule has 298 valence electrons. The van der Waals surface area contributed by atoms with Gasteiger partial charge < -0.3 is 5.11 Å². The first-order valence-electron chi connectivity index (χ1n) is 16.9. The summed E-state index contributed by atoms with van der Waals surface area (Å²) in [6.45, 7) is 0. The van der Waals surface area contributed by atoms with E-state index < -0.39 is 20.4 Å². The predicted octanol–water partition coefficient (Wildman–Crippen LogP) is 12.7. The number of hydrogen-bond acceptors (Lipinski definition) is 5. The van der Waals surface area contributed by atoms with Gasteiger partial charge in [-0.15, -0.1) is 0 Å². The molecule has 0 spiro atoms. The van der Waals surface area contributed by atoms with Gasteiger partial charge in [-0.25, -0.2) is 27.1 Å². The Balaban J connectivity index is 0.000000179. The maximum Gasteiger partial charge on any atom is 0.356 e. The fraction of sp³-hybridized carbons (Fsp3) is 0.100. The van der Waals surface area contributed by atoms with Gasteiger partial charge in [-0.3, -0.25) is 4.79 Å². The summed E-state index contributed by atoms with van der Waals surface area (Å²) in [5.41, 5.74) is 7.91. The lowest BCUT2D eigenvalue weighted by Crippen LogP contribution is -2.05. The average Bonchev–Trinajstić information content (AvgIpc) is 3.93. The van der Waals surface area contributed by atoms with Crippen molar-refractivity contribution in [3.63, 3.8) is 0 Å². The van der Waals surface area contributed by atoms with E-state index in [1.54, 1.807) is 70.0 Å². The zero-order chi connectivity index (χ0) is 41.8. The van der Waals surface area contributed by atoms with Gasteiger partial charge in [0.2, 0.25) is 9.23 Å². The molecule has 0 atom stereocenters. The van der Waals surface area contributed by atoms with Crippen molar-refractivity contribution in [3.05, 3.63) is 162 Å². The van der Waals surface area contributed by atoms with E-state index in [9.17, 15) is 23.5 Å². The van der Waals surface area contributed by atoms with Crippen LogP contribution in [0.25, 0.3) is 34.7 Å². The van der Waals surface area contributed by atoms with Crippen LogP contribution in [0.4, 0.5) is 8.78 Å². The Morgan fingerprint density at radius 3 is 1.38 bits per heavy atom. The minimum absolute atomic E-state index is 0.0125. The SMILES string of the molecule is O=C(Cl)c1nn(-c2ccc(Cl)cc2Cl)c2c1CC/C2=C\c1ccc(F)cc1.O=C(O)c1nn(-c2ccc(Cl)cc2Cl)c2c1CC/C2=C\c1ccc(F)cc1.O=S(Cl)Cl. The number of carbonyl (C=O) groups is 2. The number of aromatic carboxylic acids is 1. The van der Waals surface area contributed by atoms with Gasteiger partial charge in [0, 0.05) is 42.5 Å². The summed E-state index contributed by atoms with van der Waals surface area (Å²) < 4.78 is 38.6. The van der Waals surface area contributed by atoms with Crippen LogP contribution in [-0.2, 0) is 22.1 Å². The molecule has 8 nitrogen and oxygen atoms in total. The molecule has 6 aromatic rings. The summed E-state index contributed by atoms with van der Waals surface area (Å²) in [7, 11) is 7.36. The molecule has 2 heterocycles. The molecule has 0 amide bonds. The Morgan fingerprint density at radius 2 is 1.02 bits per heavy atom. The lowest BCUT2D eigenvalue weighted by molar-refractivity contribution is 0.0688. The second-order valence-electron chi connectivity index (χ2n) is 12.6. The zero-order valence-electron chi connectivity index (χ0n) is 29.3.